The predicted octanol–water partition coefficient (Wildman–Crippen LogP) is 3.48. The maximum atomic E-state index is 5.91. The van der Waals surface area contributed by atoms with E-state index in [2.05, 4.69) is 43.6 Å². The van der Waals surface area contributed by atoms with E-state index < -0.39 is 6.49 Å². The zero-order valence-corrected chi connectivity index (χ0v) is 15.1. The van der Waals surface area contributed by atoms with Crippen LogP contribution in [0, 0.1) is 0 Å². The summed E-state index contributed by atoms with van der Waals surface area (Å²) < 4.78 is 1.88. The van der Waals surface area contributed by atoms with Gasteiger partial charge in [0.2, 0.25) is 0 Å². The van der Waals surface area contributed by atoms with Crippen molar-refractivity contribution < 1.29 is 0 Å². The number of hydrogen-bond acceptors (Lipinski definition) is 1. The molecule has 0 aliphatic heterocycles. The van der Waals surface area contributed by atoms with Crippen LogP contribution in [0.1, 0.15) is 32.3 Å². The third-order valence-corrected chi connectivity index (χ3v) is 8.10. The molecule has 20 heavy (non-hydrogen) atoms. The normalized spacial score (nSPS) is 14.2. The van der Waals surface area contributed by atoms with E-state index in [0.29, 0.717) is 5.25 Å². The van der Waals surface area contributed by atoms with Gasteiger partial charge in [-0.25, -0.2) is 4.67 Å². The van der Waals surface area contributed by atoms with E-state index in [-0.39, 0.29) is 10.5 Å². The second kappa shape index (κ2) is 8.42. The van der Waals surface area contributed by atoms with Crippen molar-refractivity contribution in [1.29, 1.82) is 0 Å². The molecule has 0 saturated heterocycles. The van der Waals surface area contributed by atoms with Gasteiger partial charge in [0.1, 0.15) is 6.49 Å². The molecule has 0 fully saturated rings. The molecule has 0 aliphatic carbocycles. The van der Waals surface area contributed by atoms with E-state index in [1.165, 1.54) is 5.56 Å². The topological polar surface area (TPSA) is 55.3 Å². The summed E-state index contributed by atoms with van der Waals surface area (Å²) in [5, 5.41) is 0.652. The zero-order valence-electron chi connectivity index (χ0n) is 12.5. The summed E-state index contributed by atoms with van der Waals surface area (Å²) in [6.45, 7) is 2.13. The molecule has 6 heteroatoms. The summed E-state index contributed by atoms with van der Waals surface area (Å²) in [5.41, 5.74) is 15.4. The fourth-order valence-electron chi connectivity index (χ4n) is 1.99. The number of nitrogens with two attached hydrogens (primary N) is 2. The lowest BCUT2D eigenvalue weighted by molar-refractivity contribution is 0.788. The van der Waals surface area contributed by atoms with Gasteiger partial charge in [-0.15, -0.1) is 0 Å². The third kappa shape index (κ3) is 5.76. The van der Waals surface area contributed by atoms with Crippen LogP contribution in [0.15, 0.2) is 30.3 Å². The molecular formula is C14H26N3PS2. The number of rotatable bonds is 7. The van der Waals surface area contributed by atoms with Crippen molar-refractivity contribution in [1.82, 2.24) is 4.67 Å². The maximum absolute atomic E-state index is 5.91. The van der Waals surface area contributed by atoms with Crippen LogP contribution >= 0.6 is 17.0 Å². The van der Waals surface area contributed by atoms with Crippen molar-refractivity contribution in [2.75, 3.05) is 7.05 Å². The highest BCUT2D eigenvalue weighted by molar-refractivity contribution is 8.16. The first-order valence-electron chi connectivity index (χ1n) is 6.86. The molecule has 0 aliphatic rings. The van der Waals surface area contributed by atoms with Gasteiger partial charge in [-0.05, 0) is 37.3 Å². The molecule has 3 nitrogen and oxygen atoms in total. The molecular weight excluding hydrogens is 305 g/mol. The Morgan fingerprint density at radius 2 is 1.80 bits per heavy atom. The van der Waals surface area contributed by atoms with Gasteiger partial charge in [0.25, 0.3) is 0 Å². The summed E-state index contributed by atoms with van der Waals surface area (Å²) in [6, 6.07) is 10.6. The molecule has 1 aromatic carbocycles. The van der Waals surface area contributed by atoms with Crippen molar-refractivity contribution in [3.63, 3.8) is 0 Å². The lowest BCUT2D eigenvalue weighted by Crippen LogP contribution is -2.24. The Bertz CT molecular complexity index is 480. The molecule has 4 N–H and O–H groups in total. The fraction of sp³-hybridized carbons (Fsp3) is 0.500. The summed E-state index contributed by atoms with van der Waals surface area (Å²) in [7, 11) is 2.02. The number of benzene rings is 1. The zero-order chi connectivity index (χ0) is 15.2. The summed E-state index contributed by atoms with van der Waals surface area (Å²) >= 11 is 5.22. The quantitative estimate of drug-likeness (QED) is 0.593. The Morgan fingerprint density at radius 1 is 1.25 bits per heavy atom. The van der Waals surface area contributed by atoms with Crippen molar-refractivity contribution in [3.8, 4) is 0 Å². The van der Waals surface area contributed by atoms with Gasteiger partial charge in [-0.2, -0.15) is 10.5 Å². The van der Waals surface area contributed by atoms with E-state index >= 15 is 0 Å². The third-order valence-electron chi connectivity index (χ3n) is 3.30. The van der Waals surface area contributed by atoms with Crippen LogP contribution in [0.2, 0.25) is 0 Å². The van der Waals surface area contributed by atoms with Crippen LogP contribution in [0.5, 0.6) is 0 Å². The predicted molar refractivity (Wildman–Crippen MR) is 98.6 cm³/mol. The molecule has 0 saturated carbocycles. The van der Waals surface area contributed by atoms with E-state index in [9.17, 15) is 0 Å². The Labute approximate surface area is 130 Å². The van der Waals surface area contributed by atoms with Crippen LogP contribution in [0.4, 0.5) is 0 Å². The van der Waals surface area contributed by atoms with Gasteiger partial charge >= 0.3 is 0 Å². The smallest absolute Gasteiger partial charge is 0.138 e. The monoisotopic (exact) mass is 331 g/mol. The summed E-state index contributed by atoms with van der Waals surface area (Å²) in [4.78, 5) is 0. The fourth-order valence-corrected chi connectivity index (χ4v) is 5.60. The molecule has 0 spiro atoms. The van der Waals surface area contributed by atoms with Crippen molar-refractivity contribution in [3.05, 3.63) is 35.9 Å². The molecule has 0 aromatic heterocycles. The highest BCUT2D eigenvalue weighted by Gasteiger charge is 2.14. The second-order valence-electron chi connectivity index (χ2n) is 4.89. The van der Waals surface area contributed by atoms with Crippen LogP contribution in [0.25, 0.3) is 0 Å². The first kappa shape index (κ1) is 18.0. The first-order chi connectivity index (χ1) is 9.38. The molecule has 1 rings (SSSR count). The van der Waals surface area contributed by atoms with E-state index in [0.717, 1.165) is 18.6 Å². The van der Waals surface area contributed by atoms with Crippen LogP contribution < -0.4 is 11.0 Å². The average Bonchev–Trinajstić information content (AvgIpc) is 2.40. The Morgan fingerprint density at radius 3 is 2.25 bits per heavy atom. The lowest BCUT2D eigenvalue weighted by atomic mass is 10.2. The van der Waals surface area contributed by atoms with Gasteiger partial charge in [0.15, 0.2) is 0 Å². The van der Waals surface area contributed by atoms with Crippen molar-refractivity contribution in [2.24, 2.45) is 11.0 Å². The SMILES string of the molecule is CCC(CC)S(=CN(C)P(N)(N)=S)Cc1ccccc1. The highest BCUT2D eigenvalue weighted by atomic mass is 32.4. The van der Waals surface area contributed by atoms with Gasteiger partial charge in [0.05, 0.1) is 0 Å². The molecule has 1 unspecified atom stereocenters. The van der Waals surface area contributed by atoms with E-state index in [4.69, 9.17) is 22.8 Å². The molecule has 1 atom stereocenters. The minimum Gasteiger partial charge on any atom is -0.279 e. The van der Waals surface area contributed by atoms with Gasteiger partial charge in [-0.3, -0.25) is 11.0 Å². The average molecular weight is 331 g/mol. The number of hydrogen-bond donors (Lipinski definition) is 2. The summed E-state index contributed by atoms with van der Waals surface area (Å²) in [5.74, 6) is 1.03. The minimum absolute atomic E-state index is 0.112. The Hall–Kier alpha value is -0.0300. The van der Waals surface area contributed by atoms with Crippen LogP contribution in [-0.4, -0.2) is 22.5 Å². The maximum Gasteiger partial charge on any atom is 0.138 e. The highest BCUT2D eigenvalue weighted by Crippen LogP contribution is 2.35. The van der Waals surface area contributed by atoms with Gasteiger partial charge in [-0.1, -0.05) is 44.2 Å². The Balaban J connectivity index is 3.02. The summed E-state index contributed by atoms with van der Waals surface area (Å²) in [6.07, 6.45) is 2.32. The molecule has 0 bridgehead atoms. The lowest BCUT2D eigenvalue weighted by Gasteiger charge is -2.26. The number of nitrogens with zero attached hydrogens (tertiary/aromatic N) is 1. The molecule has 114 valence electrons. The van der Waals surface area contributed by atoms with Crippen molar-refractivity contribution in [2.45, 2.75) is 37.7 Å². The molecule has 0 amide bonds. The molecule has 0 heterocycles. The van der Waals surface area contributed by atoms with Crippen molar-refractivity contribution >= 4 is 34.3 Å². The van der Waals surface area contributed by atoms with E-state index in [1.54, 1.807) is 0 Å². The second-order valence-corrected chi connectivity index (χ2v) is 10.7. The van der Waals surface area contributed by atoms with E-state index in [1.807, 2.05) is 17.8 Å². The first-order valence-corrected chi connectivity index (χ1v) is 11.3. The Kier molecular flexibility index (Phi) is 7.59. The molecule has 1 aromatic rings. The van der Waals surface area contributed by atoms with Gasteiger partial charge < -0.3 is 0 Å². The van der Waals surface area contributed by atoms with Crippen LogP contribution in [-0.2, 0) is 17.6 Å². The van der Waals surface area contributed by atoms with Crippen LogP contribution in [0.3, 0.4) is 0 Å². The largest absolute Gasteiger partial charge is 0.279 e. The molecule has 0 radical (unpaired) electrons. The van der Waals surface area contributed by atoms with Gasteiger partial charge in [0, 0.05) is 16.5 Å². The standard InChI is InChI=1S/C14H26N3PS2/c1-4-14(5-2)20(12-17(3)18(15,16)19)11-13-9-7-6-8-10-13/h6-10,12,14H,4-5,11H2,1-3H3,(H4,15,16,19). The minimum atomic E-state index is -2.36.